The van der Waals surface area contributed by atoms with Crippen LogP contribution >= 0.6 is 0 Å². The molecule has 96 valence electrons. The van der Waals surface area contributed by atoms with Crippen molar-refractivity contribution in [1.82, 2.24) is 0 Å². The van der Waals surface area contributed by atoms with Gasteiger partial charge in [0.05, 0.1) is 0 Å². The summed E-state index contributed by atoms with van der Waals surface area (Å²) in [4.78, 5) is 22.9. The lowest BCUT2D eigenvalue weighted by molar-refractivity contribution is -0.118. The second-order valence-electron chi connectivity index (χ2n) is 5.02. The minimum absolute atomic E-state index is 0.0207. The van der Waals surface area contributed by atoms with Crippen LogP contribution in [0, 0.1) is 5.92 Å². The molecule has 0 aromatic carbocycles. The highest BCUT2D eigenvalue weighted by atomic mass is 16.3. The highest BCUT2D eigenvalue weighted by Gasteiger charge is 2.35. The molecule has 18 heavy (non-hydrogen) atoms. The summed E-state index contributed by atoms with van der Waals surface area (Å²) in [6.45, 7) is 0. The van der Waals surface area contributed by atoms with E-state index >= 15 is 0 Å². The van der Waals surface area contributed by atoms with Gasteiger partial charge >= 0.3 is 0 Å². The smallest absolute Gasteiger partial charge is 0.247 e. The van der Waals surface area contributed by atoms with E-state index in [9.17, 15) is 9.59 Å². The van der Waals surface area contributed by atoms with Gasteiger partial charge in [0, 0.05) is 0 Å². The second-order valence-corrected chi connectivity index (χ2v) is 5.02. The molecule has 2 N–H and O–H groups in total. The predicted octanol–water partition coefficient (Wildman–Crippen LogP) is 2.41. The van der Waals surface area contributed by atoms with E-state index in [1.807, 2.05) is 0 Å². The number of fused-ring (bicyclic) bond motifs is 1. The van der Waals surface area contributed by atoms with Crippen molar-refractivity contribution in [3.8, 4) is 0 Å². The summed E-state index contributed by atoms with van der Waals surface area (Å²) in [5.41, 5.74) is 1.19. The Morgan fingerprint density at radius 3 is 2.78 bits per heavy atom. The second kappa shape index (κ2) is 4.48. The van der Waals surface area contributed by atoms with Gasteiger partial charge in [0.15, 0.2) is 12.0 Å². The Morgan fingerprint density at radius 1 is 1.28 bits per heavy atom. The van der Waals surface area contributed by atoms with E-state index in [1.54, 1.807) is 0 Å². The number of hydrogen-bond donors (Lipinski definition) is 2. The predicted molar refractivity (Wildman–Crippen MR) is 66.7 cm³/mol. The van der Waals surface area contributed by atoms with Crippen LogP contribution in [0.25, 0.3) is 0 Å². The SMILES string of the molecule is O=Cc1occ2c1NC(C1CCCCC1)C(=O)N2. The van der Waals surface area contributed by atoms with Gasteiger partial charge in [-0.1, -0.05) is 19.3 Å². The van der Waals surface area contributed by atoms with E-state index in [4.69, 9.17) is 4.42 Å². The molecule has 0 spiro atoms. The number of amides is 1. The molecule has 5 nitrogen and oxygen atoms in total. The third-order valence-corrected chi connectivity index (χ3v) is 3.89. The third-order valence-electron chi connectivity index (χ3n) is 3.89. The van der Waals surface area contributed by atoms with Crippen molar-refractivity contribution < 1.29 is 14.0 Å². The fourth-order valence-corrected chi connectivity index (χ4v) is 2.93. The summed E-state index contributed by atoms with van der Waals surface area (Å²) >= 11 is 0. The van der Waals surface area contributed by atoms with Gasteiger partial charge in [-0.05, 0) is 18.8 Å². The lowest BCUT2D eigenvalue weighted by Crippen LogP contribution is -2.44. The molecule has 1 aromatic heterocycles. The lowest BCUT2D eigenvalue weighted by atomic mass is 9.83. The zero-order valence-electron chi connectivity index (χ0n) is 10.1. The van der Waals surface area contributed by atoms with Crippen LogP contribution in [0.15, 0.2) is 10.7 Å². The monoisotopic (exact) mass is 248 g/mol. The molecule has 1 aromatic rings. The zero-order valence-corrected chi connectivity index (χ0v) is 10.1. The molecule has 5 heteroatoms. The molecule has 0 bridgehead atoms. The standard InChI is InChI=1S/C13H16N2O3/c16-6-10-12-9(7-18-10)14-13(17)11(15-12)8-4-2-1-3-5-8/h6-8,11,15H,1-5H2,(H,14,17). The molecule has 2 heterocycles. The third kappa shape index (κ3) is 1.79. The quantitative estimate of drug-likeness (QED) is 0.788. The minimum atomic E-state index is -0.242. The van der Waals surface area contributed by atoms with Crippen LogP contribution in [0.3, 0.4) is 0 Å². The molecule has 3 rings (SSSR count). The van der Waals surface area contributed by atoms with Crippen LogP contribution in [-0.4, -0.2) is 18.2 Å². The van der Waals surface area contributed by atoms with Crippen molar-refractivity contribution >= 4 is 23.6 Å². The maximum absolute atomic E-state index is 12.1. The van der Waals surface area contributed by atoms with Crippen LogP contribution < -0.4 is 10.6 Å². The van der Waals surface area contributed by atoms with Crippen LogP contribution in [0.4, 0.5) is 11.4 Å². The number of furan rings is 1. The Hall–Kier alpha value is -1.78. The number of aldehydes is 1. The van der Waals surface area contributed by atoms with Gasteiger partial charge in [-0.15, -0.1) is 0 Å². The van der Waals surface area contributed by atoms with Crippen LogP contribution in [0.5, 0.6) is 0 Å². The van der Waals surface area contributed by atoms with Gasteiger partial charge in [-0.3, -0.25) is 9.59 Å². The molecule has 1 aliphatic carbocycles. The topological polar surface area (TPSA) is 71.3 Å². The number of carbonyl (C=O) groups is 2. The summed E-state index contributed by atoms with van der Waals surface area (Å²) in [5, 5.41) is 5.99. The number of nitrogens with one attached hydrogen (secondary N) is 2. The van der Waals surface area contributed by atoms with Crippen molar-refractivity contribution in [1.29, 1.82) is 0 Å². The van der Waals surface area contributed by atoms with E-state index in [2.05, 4.69) is 10.6 Å². The molecule has 1 atom stereocenters. The lowest BCUT2D eigenvalue weighted by Gasteiger charge is -2.33. The first-order chi connectivity index (χ1) is 8.79. The van der Waals surface area contributed by atoms with Gasteiger partial charge in [-0.25, -0.2) is 0 Å². The van der Waals surface area contributed by atoms with Crippen molar-refractivity contribution in [2.24, 2.45) is 5.92 Å². The Bertz CT molecular complexity index is 475. The van der Waals surface area contributed by atoms with Crippen molar-refractivity contribution in [3.63, 3.8) is 0 Å². The highest BCUT2D eigenvalue weighted by Crippen LogP contribution is 2.36. The van der Waals surface area contributed by atoms with E-state index < -0.39 is 0 Å². The van der Waals surface area contributed by atoms with E-state index in [0.717, 1.165) is 12.8 Å². The zero-order chi connectivity index (χ0) is 12.5. The normalized spacial score (nSPS) is 24.0. The maximum atomic E-state index is 12.1. The van der Waals surface area contributed by atoms with E-state index in [-0.39, 0.29) is 17.7 Å². The van der Waals surface area contributed by atoms with E-state index in [0.29, 0.717) is 23.6 Å². The molecule has 2 aliphatic rings. The highest BCUT2D eigenvalue weighted by molar-refractivity contribution is 6.05. The van der Waals surface area contributed by atoms with Crippen molar-refractivity contribution in [2.45, 2.75) is 38.1 Å². The van der Waals surface area contributed by atoms with Crippen LogP contribution in [0.1, 0.15) is 42.7 Å². The van der Waals surface area contributed by atoms with Crippen LogP contribution in [0.2, 0.25) is 0 Å². The fraction of sp³-hybridized carbons (Fsp3) is 0.538. The molecule has 1 aliphatic heterocycles. The molecular weight excluding hydrogens is 232 g/mol. The first-order valence-electron chi connectivity index (χ1n) is 6.43. The number of rotatable bonds is 2. The average Bonchev–Trinajstić information content (AvgIpc) is 2.80. The Balaban J connectivity index is 1.85. The number of carbonyl (C=O) groups excluding carboxylic acids is 2. The summed E-state index contributed by atoms with van der Waals surface area (Å²) in [6, 6.07) is -0.242. The van der Waals surface area contributed by atoms with Crippen molar-refractivity contribution in [3.05, 3.63) is 12.0 Å². The largest absolute Gasteiger partial charge is 0.457 e. The molecule has 1 unspecified atom stereocenters. The Kier molecular flexibility index (Phi) is 2.81. The first-order valence-corrected chi connectivity index (χ1v) is 6.43. The van der Waals surface area contributed by atoms with Crippen LogP contribution in [-0.2, 0) is 4.79 Å². The summed E-state index contributed by atoms with van der Waals surface area (Å²) in [5.74, 6) is 0.583. The van der Waals surface area contributed by atoms with Gasteiger partial charge in [-0.2, -0.15) is 0 Å². The van der Waals surface area contributed by atoms with Gasteiger partial charge in [0.2, 0.25) is 5.91 Å². The summed E-state index contributed by atoms with van der Waals surface area (Å²) < 4.78 is 5.11. The fourth-order valence-electron chi connectivity index (χ4n) is 2.93. The maximum Gasteiger partial charge on any atom is 0.247 e. The molecule has 0 saturated heterocycles. The first kappa shape index (κ1) is 11.3. The molecule has 1 fully saturated rings. The summed E-state index contributed by atoms with van der Waals surface area (Å²) in [6.07, 6.45) is 7.80. The van der Waals surface area contributed by atoms with Gasteiger partial charge < -0.3 is 15.1 Å². The molecule has 1 amide bonds. The Labute approximate surface area is 105 Å². The Morgan fingerprint density at radius 2 is 2.06 bits per heavy atom. The number of anilines is 2. The number of hydrogen-bond acceptors (Lipinski definition) is 4. The van der Waals surface area contributed by atoms with Gasteiger partial charge in [0.25, 0.3) is 0 Å². The van der Waals surface area contributed by atoms with Crippen molar-refractivity contribution in [2.75, 3.05) is 10.6 Å². The minimum Gasteiger partial charge on any atom is -0.457 e. The van der Waals surface area contributed by atoms with Gasteiger partial charge in [0.1, 0.15) is 23.7 Å². The molecule has 1 saturated carbocycles. The summed E-state index contributed by atoms with van der Waals surface area (Å²) in [7, 11) is 0. The van der Waals surface area contributed by atoms with E-state index in [1.165, 1.54) is 25.5 Å². The average molecular weight is 248 g/mol. The molecule has 0 radical (unpaired) electrons. The molecular formula is C13H16N2O3.